The van der Waals surface area contributed by atoms with Crippen LogP contribution >= 0.6 is 0 Å². The first-order valence-corrected chi connectivity index (χ1v) is 4.39. The van der Waals surface area contributed by atoms with E-state index >= 15 is 0 Å². The molecule has 0 aliphatic heterocycles. The molecule has 82 valence electrons. The summed E-state index contributed by atoms with van der Waals surface area (Å²) in [6.07, 6.45) is 1.52. The molecular weight excluding hydrogens is 198 g/mol. The molecule has 1 N–H and O–H groups in total. The molecule has 15 heavy (non-hydrogen) atoms. The van der Waals surface area contributed by atoms with Gasteiger partial charge in [-0.3, -0.25) is 0 Å². The molecule has 0 aliphatic rings. The van der Waals surface area contributed by atoms with Gasteiger partial charge in [0.1, 0.15) is 6.04 Å². The number of likely N-dealkylation sites (N-methyl/N-ethyl adjacent to an activating group) is 1. The molecule has 0 saturated heterocycles. The van der Waals surface area contributed by atoms with Crippen LogP contribution in [-0.4, -0.2) is 41.2 Å². The van der Waals surface area contributed by atoms with Gasteiger partial charge in [0.25, 0.3) is 0 Å². The predicted molar refractivity (Wildman–Crippen MR) is 54.1 cm³/mol. The van der Waals surface area contributed by atoms with Gasteiger partial charge in [0.2, 0.25) is 11.8 Å². The van der Waals surface area contributed by atoms with Gasteiger partial charge >= 0.3 is 5.97 Å². The van der Waals surface area contributed by atoms with Gasteiger partial charge in [-0.2, -0.15) is 4.98 Å². The third kappa shape index (κ3) is 2.55. The van der Waals surface area contributed by atoms with Crippen LogP contribution in [0.1, 0.15) is 6.92 Å². The molecule has 1 heterocycles. The highest BCUT2D eigenvalue weighted by atomic mass is 16.5. The number of carboxylic acids is 1. The Hall–Kier alpha value is -1.85. The number of anilines is 1. The number of carbonyl (C=O) groups is 1. The number of methoxy groups -OCH3 is 1. The highest BCUT2D eigenvalue weighted by Crippen LogP contribution is 2.12. The summed E-state index contributed by atoms with van der Waals surface area (Å²) in [5, 5.41) is 8.81. The summed E-state index contributed by atoms with van der Waals surface area (Å²) in [5.74, 6) is -0.197. The normalized spacial score (nSPS) is 11.9. The highest BCUT2D eigenvalue weighted by molar-refractivity contribution is 5.76. The van der Waals surface area contributed by atoms with E-state index in [0.29, 0.717) is 11.8 Å². The van der Waals surface area contributed by atoms with Crippen molar-refractivity contribution in [2.45, 2.75) is 13.0 Å². The first-order chi connectivity index (χ1) is 7.06. The van der Waals surface area contributed by atoms with Crippen molar-refractivity contribution < 1.29 is 14.6 Å². The van der Waals surface area contributed by atoms with Crippen LogP contribution in [0.4, 0.5) is 5.95 Å². The van der Waals surface area contributed by atoms with E-state index in [0.717, 1.165) is 0 Å². The molecule has 0 spiro atoms. The van der Waals surface area contributed by atoms with E-state index in [9.17, 15) is 4.79 Å². The Morgan fingerprint density at radius 2 is 2.33 bits per heavy atom. The van der Waals surface area contributed by atoms with Gasteiger partial charge < -0.3 is 14.7 Å². The van der Waals surface area contributed by atoms with Crippen molar-refractivity contribution in [3.8, 4) is 5.88 Å². The van der Waals surface area contributed by atoms with E-state index in [1.54, 1.807) is 20.0 Å². The van der Waals surface area contributed by atoms with Crippen LogP contribution in [0, 0.1) is 0 Å². The molecule has 0 radical (unpaired) electrons. The fourth-order valence-corrected chi connectivity index (χ4v) is 0.955. The number of hydrogen-bond acceptors (Lipinski definition) is 5. The Bertz CT molecular complexity index is 356. The fourth-order valence-electron chi connectivity index (χ4n) is 0.955. The molecule has 1 aromatic heterocycles. The van der Waals surface area contributed by atoms with E-state index < -0.39 is 12.0 Å². The summed E-state index contributed by atoms with van der Waals surface area (Å²) in [6, 6.07) is 0.917. The summed E-state index contributed by atoms with van der Waals surface area (Å²) >= 11 is 0. The van der Waals surface area contributed by atoms with Gasteiger partial charge in [-0.05, 0) is 6.92 Å². The summed E-state index contributed by atoms with van der Waals surface area (Å²) < 4.78 is 4.92. The molecule has 0 saturated carbocycles. The second kappa shape index (κ2) is 4.59. The third-order valence-electron chi connectivity index (χ3n) is 2.08. The fraction of sp³-hybridized carbons (Fsp3) is 0.444. The minimum absolute atomic E-state index is 0.323. The summed E-state index contributed by atoms with van der Waals surface area (Å²) in [6.45, 7) is 1.56. The number of aromatic nitrogens is 2. The van der Waals surface area contributed by atoms with Crippen LogP contribution in [0.3, 0.4) is 0 Å². The Morgan fingerprint density at radius 3 is 2.87 bits per heavy atom. The number of nitrogens with zero attached hydrogens (tertiary/aromatic N) is 3. The summed E-state index contributed by atoms with van der Waals surface area (Å²) in [7, 11) is 3.11. The van der Waals surface area contributed by atoms with Crippen LogP contribution < -0.4 is 9.64 Å². The highest BCUT2D eigenvalue weighted by Gasteiger charge is 2.19. The topological polar surface area (TPSA) is 75.5 Å². The van der Waals surface area contributed by atoms with Gasteiger partial charge in [0, 0.05) is 19.3 Å². The molecule has 1 unspecified atom stereocenters. The van der Waals surface area contributed by atoms with Crippen molar-refractivity contribution in [1.82, 2.24) is 9.97 Å². The molecule has 0 aromatic carbocycles. The zero-order valence-electron chi connectivity index (χ0n) is 8.84. The summed E-state index contributed by atoms with van der Waals surface area (Å²) in [5.41, 5.74) is 0. The van der Waals surface area contributed by atoms with Gasteiger partial charge in [-0.15, -0.1) is 0 Å². The van der Waals surface area contributed by atoms with Crippen molar-refractivity contribution in [1.29, 1.82) is 0 Å². The lowest BCUT2D eigenvalue weighted by molar-refractivity contribution is -0.138. The summed E-state index contributed by atoms with van der Waals surface area (Å²) in [4.78, 5) is 20.2. The maximum absolute atomic E-state index is 10.7. The number of carboxylic acid groups (broad SMARTS) is 1. The molecule has 0 bridgehead atoms. The average molecular weight is 211 g/mol. The van der Waals surface area contributed by atoms with Gasteiger partial charge in [0.15, 0.2) is 0 Å². The van der Waals surface area contributed by atoms with E-state index in [1.165, 1.54) is 18.2 Å². The molecule has 0 aliphatic carbocycles. The standard InChI is InChI=1S/C9H13N3O3/c1-6(8(13)14)12(2)9-10-5-4-7(11-9)15-3/h4-6H,1-3H3,(H,13,14). The zero-order chi connectivity index (χ0) is 11.4. The first kappa shape index (κ1) is 11.2. The number of rotatable bonds is 4. The Kier molecular flexibility index (Phi) is 3.43. The second-order valence-electron chi connectivity index (χ2n) is 3.02. The third-order valence-corrected chi connectivity index (χ3v) is 2.08. The number of aliphatic carboxylic acids is 1. The molecule has 1 rings (SSSR count). The maximum Gasteiger partial charge on any atom is 0.326 e. The molecule has 0 fully saturated rings. The van der Waals surface area contributed by atoms with E-state index in [2.05, 4.69) is 9.97 Å². The molecule has 0 amide bonds. The number of ether oxygens (including phenoxy) is 1. The largest absolute Gasteiger partial charge is 0.481 e. The zero-order valence-corrected chi connectivity index (χ0v) is 8.84. The van der Waals surface area contributed by atoms with Crippen molar-refractivity contribution in [3.05, 3.63) is 12.3 Å². The van der Waals surface area contributed by atoms with Crippen LogP contribution in [-0.2, 0) is 4.79 Å². The van der Waals surface area contributed by atoms with Crippen LogP contribution in [0.25, 0.3) is 0 Å². The Labute approximate surface area is 87.5 Å². The molecular formula is C9H13N3O3. The van der Waals surface area contributed by atoms with Crippen LogP contribution in [0.15, 0.2) is 12.3 Å². The SMILES string of the molecule is COc1ccnc(N(C)C(C)C(=O)O)n1. The Morgan fingerprint density at radius 1 is 1.67 bits per heavy atom. The lowest BCUT2D eigenvalue weighted by Gasteiger charge is -2.21. The quantitative estimate of drug-likeness (QED) is 0.776. The molecule has 1 atom stereocenters. The van der Waals surface area contributed by atoms with E-state index in [4.69, 9.17) is 9.84 Å². The van der Waals surface area contributed by atoms with Crippen molar-refractivity contribution in [3.63, 3.8) is 0 Å². The van der Waals surface area contributed by atoms with Crippen molar-refractivity contribution in [2.75, 3.05) is 19.1 Å². The monoisotopic (exact) mass is 211 g/mol. The minimum atomic E-state index is -0.927. The number of hydrogen-bond donors (Lipinski definition) is 1. The Balaban J connectivity index is 2.90. The predicted octanol–water partition coefficient (Wildman–Crippen LogP) is 0.394. The van der Waals surface area contributed by atoms with Crippen molar-refractivity contribution in [2.24, 2.45) is 0 Å². The van der Waals surface area contributed by atoms with Gasteiger partial charge in [-0.25, -0.2) is 9.78 Å². The van der Waals surface area contributed by atoms with Crippen LogP contribution in [0.2, 0.25) is 0 Å². The minimum Gasteiger partial charge on any atom is -0.481 e. The second-order valence-corrected chi connectivity index (χ2v) is 3.02. The molecule has 6 heteroatoms. The average Bonchev–Trinajstić information content (AvgIpc) is 2.27. The van der Waals surface area contributed by atoms with E-state index in [-0.39, 0.29) is 0 Å². The molecule has 1 aromatic rings. The van der Waals surface area contributed by atoms with E-state index in [1.807, 2.05) is 0 Å². The first-order valence-electron chi connectivity index (χ1n) is 4.39. The smallest absolute Gasteiger partial charge is 0.326 e. The van der Waals surface area contributed by atoms with Crippen LogP contribution in [0.5, 0.6) is 5.88 Å². The maximum atomic E-state index is 10.7. The molecule has 6 nitrogen and oxygen atoms in total. The van der Waals surface area contributed by atoms with Gasteiger partial charge in [-0.1, -0.05) is 0 Å². The van der Waals surface area contributed by atoms with Crippen molar-refractivity contribution >= 4 is 11.9 Å². The lowest BCUT2D eigenvalue weighted by atomic mass is 10.3. The van der Waals surface area contributed by atoms with Gasteiger partial charge in [0.05, 0.1) is 7.11 Å². The lowest BCUT2D eigenvalue weighted by Crippen LogP contribution is -2.36.